The van der Waals surface area contributed by atoms with Gasteiger partial charge in [0.25, 0.3) is 5.91 Å². The molecule has 2 rings (SSSR count). The number of benzene rings is 1. The monoisotopic (exact) mass is 296 g/mol. The van der Waals surface area contributed by atoms with Gasteiger partial charge in [-0.05, 0) is 31.0 Å². The summed E-state index contributed by atoms with van der Waals surface area (Å²) in [6.07, 6.45) is 0. The van der Waals surface area contributed by atoms with Crippen molar-refractivity contribution in [3.8, 4) is 5.75 Å². The molecule has 0 atom stereocenters. The number of anilines is 1. The van der Waals surface area contributed by atoms with E-state index in [1.807, 2.05) is 13.8 Å². The Morgan fingerprint density at radius 3 is 2.70 bits per heavy atom. The molecule has 0 aromatic heterocycles. The minimum Gasteiger partial charge on any atom is -0.482 e. The predicted molar refractivity (Wildman–Crippen MR) is 77.5 cm³/mol. The van der Waals surface area contributed by atoms with Gasteiger partial charge in [-0.15, -0.1) is 0 Å². The fraction of sp³-hybridized carbons (Fsp3) is 0.429. The summed E-state index contributed by atoms with van der Waals surface area (Å²) < 4.78 is 5.45. The molecule has 2 amide bonds. The summed E-state index contributed by atoms with van der Waals surface area (Å²) in [6, 6.07) is 1.80. The fourth-order valence-corrected chi connectivity index (χ4v) is 2.29. The summed E-state index contributed by atoms with van der Waals surface area (Å²) >= 11 is 6.24. The zero-order chi connectivity index (χ0) is 15.0. The van der Waals surface area contributed by atoms with Crippen LogP contribution < -0.4 is 9.64 Å². The highest BCUT2D eigenvalue weighted by Crippen LogP contribution is 2.40. The highest BCUT2D eigenvalue weighted by atomic mass is 35.5. The van der Waals surface area contributed by atoms with Crippen molar-refractivity contribution in [2.45, 2.75) is 13.8 Å². The molecular formula is C14H17ClN2O3. The van der Waals surface area contributed by atoms with E-state index in [0.717, 1.165) is 11.1 Å². The van der Waals surface area contributed by atoms with E-state index in [0.29, 0.717) is 16.5 Å². The van der Waals surface area contributed by atoms with Gasteiger partial charge in [0.15, 0.2) is 6.61 Å². The number of fused-ring (bicyclic) bond motifs is 1. The third kappa shape index (κ3) is 2.45. The van der Waals surface area contributed by atoms with Crippen molar-refractivity contribution < 1.29 is 14.3 Å². The van der Waals surface area contributed by atoms with Gasteiger partial charge in [0.1, 0.15) is 12.3 Å². The van der Waals surface area contributed by atoms with Crippen molar-refractivity contribution in [2.75, 3.05) is 32.1 Å². The molecule has 0 saturated heterocycles. The van der Waals surface area contributed by atoms with Gasteiger partial charge >= 0.3 is 0 Å². The average Bonchev–Trinajstić information content (AvgIpc) is 2.39. The topological polar surface area (TPSA) is 49.9 Å². The number of carbonyl (C=O) groups excluding carboxylic acids is 2. The summed E-state index contributed by atoms with van der Waals surface area (Å²) in [5.41, 5.74) is 2.23. The molecule has 1 aromatic rings. The zero-order valence-electron chi connectivity index (χ0n) is 12.0. The molecular weight excluding hydrogens is 280 g/mol. The number of halogens is 1. The fourth-order valence-electron chi connectivity index (χ4n) is 2.14. The molecule has 6 heteroatoms. The lowest BCUT2D eigenvalue weighted by molar-refractivity contribution is -0.130. The van der Waals surface area contributed by atoms with Crippen LogP contribution in [0.2, 0.25) is 5.02 Å². The van der Waals surface area contributed by atoms with Crippen molar-refractivity contribution in [3.63, 3.8) is 0 Å². The van der Waals surface area contributed by atoms with E-state index in [9.17, 15) is 9.59 Å². The van der Waals surface area contributed by atoms with Crippen LogP contribution in [0.3, 0.4) is 0 Å². The number of hydrogen-bond acceptors (Lipinski definition) is 3. The molecule has 0 unspecified atom stereocenters. The van der Waals surface area contributed by atoms with Crippen LogP contribution in [0.4, 0.5) is 5.69 Å². The van der Waals surface area contributed by atoms with Crippen LogP contribution in [0.1, 0.15) is 11.1 Å². The predicted octanol–water partition coefficient (Wildman–Crippen LogP) is 1.77. The number of likely N-dealkylation sites (N-methyl/N-ethyl adjacent to an activating group) is 1. The first-order valence-electron chi connectivity index (χ1n) is 6.26. The highest BCUT2D eigenvalue weighted by molar-refractivity contribution is 6.32. The van der Waals surface area contributed by atoms with E-state index < -0.39 is 0 Å². The lowest BCUT2D eigenvalue weighted by atomic mass is 10.1. The Kier molecular flexibility index (Phi) is 3.90. The Morgan fingerprint density at radius 1 is 1.45 bits per heavy atom. The molecule has 0 bridgehead atoms. The van der Waals surface area contributed by atoms with Crippen LogP contribution in [0.25, 0.3) is 0 Å². The normalized spacial score (nSPS) is 13.8. The number of amides is 2. The van der Waals surface area contributed by atoms with E-state index >= 15 is 0 Å². The van der Waals surface area contributed by atoms with Crippen molar-refractivity contribution in [1.82, 2.24) is 4.90 Å². The first-order valence-corrected chi connectivity index (χ1v) is 6.63. The molecule has 108 valence electrons. The lowest BCUT2D eigenvalue weighted by Crippen LogP contribution is -2.45. The van der Waals surface area contributed by atoms with Crippen LogP contribution >= 0.6 is 11.6 Å². The van der Waals surface area contributed by atoms with Gasteiger partial charge in [-0.1, -0.05) is 11.6 Å². The maximum Gasteiger partial charge on any atom is 0.265 e. The number of carbonyl (C=O) groups is 2. The van der Waals surface area contributed by atoms with E-state index in [2.05, 4.69) is 0 Å². The first kappa shape index (κ1) is 14.7. The molecule has 1 aliphatic heterocycles. The van der Waals surface area contributed by atoms with Crippen LogP contribution in [0.5, 0.6) is 5.75 Å². The van der Waals surface area contributed by atoms with Crippen molar-refractivity contribution >= 4 is 29.1 Å². The molecule has 5 nitrogen and oxygen atoms in total. The molecule has 0 N–H and O–H groups in total. The minimum atomic E-state index is -0.240. The molecule has 0 radical (unpaired) electrons. The highest BCUT2D eigenvalue weighted by Gasteiger charge is 2.30. The Hall–Kier alpha value is -1.75. The number of aryl methyl sites for hydroxylation is 1. The third-order valence-electron chi connectivity index (χ3n) is 3.33. The molecule has 0 fully saturated rings. The molecule has 0 aliphatic carbocycles. The summed E-state index contributed by atoms with van der Waals surface area (Å²) in [5.74, 6) is 0.202. The summed E-state index contributed by atoms with van der Waals surface area (Å²) in [6.45, 7) is 3.63. The quantitative estimate of drug-likeness (QED) is 0.836. The van der Waals surface area contributed by atoms with Gasteiger partial charge in [0.05, 0.1) is 5.69 Å². The maximum absolute atomic E-state index is 12.1. The third-order valence-corrected chi connectivity index (χ3v) is 3.91. The van der Waals surface area contributed by atoms with E-state index in [1.165, 1.54) is 9.80 Å². The van der Waals surface area contributed by atoms with Crippen molar-refractivity contribution in [2.24, 2.45) is 0 Å². The van der Waals surface area contributed by atoms with Gasteiger partial charge in [0.2, 0.25) is 5.91 Å². The second kappa shape index (κ2) is 5.32. The van der Waals surface area contributed by atoms with Gasteiger partial charge < -0.3 is 9.64 Å². The van der Waals surface area contributed by atoms with E-state index in [4.69, 9.17) is 16.3 Å². The summed E-state index contributed by atoms with van der Waals surface area (Å²) in [4.78, 5) is 26.8. The van der Waals surface area contributed by atoms with Crippen molar-refractivity contribution in [3.05, 3.63) is 22.2 Å². The number of nitrogens with zero attached hydrogens (tertiary/aromatic N) is 2. The molecule has 20 heavy (non-hydrogen) atoms. The van der Waals surface area contributed by atoms with Crippen LogP contribution in [0.15, 0.2) is 6.07 Å². The zero-order valence-corrected chi connectivity index (χ0v) is 12.7. The average molecular weight is 297 g/mol. The summed E-state index contributed by atoms with van der Waals surface area (Å²) in [5, 5.41) is 0.587. The van der Waals surface area contributed by atoms with Crippen LogP contribution in [0, 0.1) is 13.8 Å². The largest absolute Gasteiger partial charge is 0.482 e. The minimum absolute atomic E-state index is 0.0115. The Balaban J connectivity index is 2.48. The molecule has 0 spiro atoms. The SMILES string of the molecule is Cc1cc2c(c(C)c1Cl)N(CC(=O)N(C)C)C(=O)CO2. The molecule has 1 heterocycles. The van der Waals surface area contributed by atoms with Crippen molar-refractivity contribution in [1.29, 1.82) is 0 Å². The first-order chi connectivity index (χ1) is 9.32. The summed E-state index contributed by atoms with van der Waals surface area (Å²) in [7, 11) is 3.31. The second-order valence-electron chi connectivity index (χ2n) is 5.04. The molecule has 1 aliphatic rings. The van der Waals surface area contributed by atoms with E-state index in [1.54, 1.807) is 20.2 Å². The van der Waals surface area contributed by atoms with Gasteiger partial charge in [-0.25, -0.2) is 0 Å². The number of rotatable bonds is 2. The Morgan fingerprint density at radius 2 is 2.10 bits per heavy atom. The number of hydrogen-bond donors (Lipinski definition) is 0. The Bertz CT molecular complexity index is 584. The van der Waals surface area contributed by atoms with E-state index in [-0.39, 0.29) is 25.0 Å². The van der Waals surface area contributed by atoms with Gasteiger partial charge in [0, 0.05) is 19.1 Å². The molecule has 1 aromatic carbocycles. The maximum atomic E-state index is 12.1. The van der Waals surface area contributed by atoms with Crippen LogP contribution in [-0.2, 0) is 9.59 Å². The van der Waals surface area contributed by atoms with Crippen LogP contribution in [-0.4, -0.2) is 44.0 Å². The Labute approximate surface area is 123 Å². The lowest BCUT2D eigenvalue weighted by Gasteiger charge is -2.31. The van der Waals surface area contributed by atoms with Gasteiger partial charge in [-0.2, -0.15) is 0 Å². The number of ether oxygens (including phenoxy) is 1. The standard InChI is InChI=1S/C14H17ClN2O3/c1-8-5-10-14(9(2)13(8)15)17(12(19)7-20-10)6-11(18)16(3)4/h5H,6-7H2,1-4H3. The van der Waals surface area contributed by atoms with Gasteiger partial charge in [-0.3, -0.25) is 14.5 Å². The second-order valence-corrected chi connectivity index (χ2v) is 5.41. The smallest absolute Gasteiger partial charge is 0.265 e. The molecule has 0 saturated carbocycles.